The second-order valence-corrected chi connectivity index (χ2v) is 6.50. The van der Waals surface area contributed by atoms with E-state index >= 15 is 0 Å². The van der Waals surface area contributed by atoms with Crippen LogP contribution in [0.5, 0.6) is 0 Å². The number of rotatable bonds is 4. The van der Waals surface area contributed by atoms with Crippen molar-refractivity contribution in [2.45, 2.75) is 33.4 Å². The van der Waals surface area contributed by atoms with Gasteiger partial charge in [0.2, 0.25) is 5.91 Å². The summed E-state index contributed by atoms with van der Waals surface area (Å²) >= 11 is 0. The van der Waals surface area contributed by atoms with E-state index in [2.05, 4.69) is 15.0 Å². The van der Waals surface area contributed by atoms with Gasteiger partial charge in [0.25, 0.3) is 0 Å². The smallest absolute Gasteiger partial charge is 0.247 e. The minimum atomic E-state index is -0.245. The first-order chi connectivity index (χ1) is 11.5. The number of aryl methyl sites for hydroxylation is 2. The third-order valence-electron chi connectivity index (χ3n) is 4.61. The number of hydrogen-bond acceptors (Lipinski definition) is 4. The fraction of sp³-hybridized carbons (Fsp3) is 0.500. The van der Waals surface area contributed by atoms with Crippen LogP contribution in [0.2, 0.25) is 0 Å². The van der Waals surface area contributed by atoms with Gasteiger partial charge in [-0.25, -0.2) is 0 Å². The topological polar surface area (TPSA) is 54.3 Å². The van der Waals surface area contributed by atoms with Gasteiger partial charge in [-0.05, 0) is 44.5 Å². The van der Waals surface area contributed by atoms with Crippen LogP contribution >= 0.6 is 0 Å². The van der Waals surface area contributed by atoms with Gasteiger partial charge in [0, 0.05) is 50.8 Å². The summed E-state index contributed by atoms with van der Waals surface area (Å²) in [5, 5.41) is 4.45. The predicted molar refractivity (Wildman–Crippen MR) is 92.5 cm³/mol. The maximum atomic E-state index is 12.8. The Bertz CT molecular complexity index is 689. The fourth-order valence-corrected chi connectivity index (χ4v) is 3.28. The Morgan fingerprint density at radius 1 is 1.17 bits per heavy atom. The fourth-order valence-electron chi connectivity index (χ4n) is 3.28. The minimum absolute atomic E-state index is 0.157. The zero-order chi connectivity index (χ0) is 17.1. The highest BCUT2D eigenvalue weighted by atomic mass is 16.2. The van der Waals surface area contributed by atoms with Crippen molar-refractivity contribution in [1.29, 1.82) is 0 Å². The molecule has 1 saturated heterocycles. The van der Waals surface area contributed by atoms with E-state index in [1.165, 1.54) is 5.56 Å². The molecule has 0 radical (unpaired) electrons. The highest BCUT2D eigenvalue weighted by molar-refractivity contribution is 5.80. The van der Waals surface area contributed by atoms with E-state index < -0.39 is 0 Å². The molecule has 1 aliphatic rings. The van der Waals surface area contributed by atoms with E-state index in [0.717, 1.165) is 44.1 Å². The molecule has 24 heavy (non-hydrogen) atoms. The first-order valence-electron chi connectivity index (χ1n) is 8.47. The van der Waals surface area contributed by atoms with E-state index in [1.807, 2.05) is 60.9 Å². The highest BCUT2D eigenvalue weighted by Gasteiger charge is 2.27. The van der Waals surface area contributed by atoms with Crippen LogP contribution in [0, 0.1) is 13.8 Å². The molecule has 0 bridgehead atoms. The van der Waals surface area contributed by atoms with Crippen molar-refractivity contribution in [2.24, 2.45) is 0 Å². The molecule has 1 amide bonds. The summed E-state index contributed by atoms with van der Waals surface area (Å²) in [5.41, 5.74) is 3.25. The lowest BCUT2D eigenvalue weighted by Gasteiger charge is -2.36. The monoisotopic (exact) mass is 327 g/mol. The number of aromatic nitrogens is 3. The average Bonchev–Trinajstić information content (AvgIpc) is 2.93. The quantitative estimate of drug-likeness (QED) is 0.859. The number of amides is 1. The molecule has 2 aromatic heterocycles. The largest absolute Gasteiger partial charge is 0.338 e. The summed E-state index contributed by atoms with van der Waals surface area (Å²) in [6, 6.07) is 5.85. The van der Waals surface area contributed by atoms with Crippen molar-refractivity contribution in [1.82, 2.24) is 24.6 Å². The molecule has 128 valence electrons. The molecule has 0 N–H and O–H groups in total. The van der Waals surface area contributed by atoms with Crippen LogP contribution in [-0.4, -0.2) is 56.7 Å². The van der Waals surface area contributed by atoms with Gasteiger partial charge in [0.1, 0.15) is 6.04 Å². The second kappa shape index (κ2) is 7.13. The lowest BCUT2D eigenvalue weighted by Crippen LogP contribution is -2.50. The summed E-state index contributed by atoms with van der Waals surface area (Å²) in [4.78, 5) is 21.2. The van der Waals surface area contributed by atoms with E-state index in [9.17, 15) is 4.79 Å². The molecule has 3 heterocycles. The normalized spacial score (nSPS) is 17.0. The first kappa shape index (κ1) is 16.6. The van der Waals surface area contributed by atoms with Crippen molar-refractivity contribution in [3.05, 3.63) is 47.5 Å². The number of hydrogen-bond donors (Lipinski definition) is 0. The molecule has 1 aliphatic heterocycles. The number of pyridine rings is 1. The van der Waals surface area contributed by atoms with Crippen LogP contribution in [0.3, 0.4) is 0 Å². The summed E-state index contributed by atoms with van der Waals surface area (Å²) < 4.78 is 1.83. The van der Waals surface area contributed by atoms with Gasteiger partial charge >= 0.3 is 0 Å². The van der Waals surface area contributed by atoms with Crippen molar-refractivity contribution in [3.8, 4) is 0 Å². The summed E-state index contributed by atoms with van der Waals surface area (Å²) in [5.74, 6) is 0.157. The van der Waals surface area contributed by atoms with Gasteiger partial charge in [-0.2, -0.15) is 5.10 Å². The molecule has 1 atom stereocenters. The minimum Gasteiger partial charge on any atom is -0.338 e. The van der Waals surface area contributed by atoms with Gasteiger partial charge in [-0.3, -0.25) is 19.4 Å². The number of nitrogens with zero attached hydrogens (tertiary/aromatic N) is 5. The molecule has 0 aromatic carbocycles. The molecular weight excluding hydrogens is 302 g/mol. The molecule has 3 rings (SSSR count). The van der Waals surface area contributed by atoms with Gasteiger partial charge in [-0.15, -0.1) is 0 Å². The Labute approximate surface area is 143 Å². The Hall–Kier alpha value is -2.21. The zero-order valence-electron chi connectivity index (χ0n) is 14.6. The summed E-state index contributed by atoms with van der Waals surface area (Å²) in [6.07, 6.45) is 3.65. The van der Waals surface area contributed by atoms with Gasteiger partial charge in [0.05, 0.1) is 5.69 Å². The second-order valence-electron chi connectivity index (χ2n) is 6.50. The molecule has 0 saturated carbocycles. The first-order valence-corrected chi connectivity index (χ1v) is 8.47. The van der Waals surface area contributed by atoms with Crippen LogP contribution < -0.4 is 0 Å². The zero-order valence-corrected chi connectivity index (χ0v) is 14.6. The van der Waals surface area contributed by atoms with Crippen LogP contribution in [0.25, 0.3) is 0 Å². The number of carbonyl (C=O) groups is 1. The molecule has 0 unspecified atom stereocenters. The lowest BCUT2D eigenvalue weighted by molar-refractivity contribution is -0.136. The van der Waals surface area contributed by atoms with Crippen molar-refractivity contribution >= 4 is 5.91 Å². The third-order valence-corrected chi connectivity index (χ3v) is 4.61. The van der Waals surface area contributed by atoms with Crippen LogP contribution in [0.1, 0.15) is 29.9 Å². The van der Waals surface area contributed by atoms with Gasteiger partial charge < -0.3 is 4.90 Å². The molecule has 6 heteroatoms. The predicted octanol–water partition coefficient (Wildman–Crippen LogP) is 1.80. The Morgan fingerprint density at radius 3 is 2.42 bits per heavy atom. The van der Waals surface area contributed by atoms with Crippen molar-refractivity contribution < 1.29 is 4.79 Å². The number of carbonyl (C=O) groups excluding carboxylic acids is 1. The summed E-state index contributed by atoms with van der Waals surface area (Å²) in [6.45, 7) is 10.1. The van der Waals surface area contributed by atoms with Crippen LogP contribution in [0.4, 0.5) is 0 Å². The molecule has 2 aromatic rings. The lowest BCUT2D eigenvalue weighted by atomic mass is 10.2. The van der Waals surface area contributed by atoms with E-state index in [1.54, 1.807) is 0 Å². The third kappa shape index (κ3) is 3.64. The highest BCUT2D eigenvalue weighted by Crippen LogP contribution is 2.16. The van der Waals surface area contributed by atoms with Crippen LogP contribution in [-0.2, 0) is 11.3 Å². The van der Waals surface area contributed by atoms with Gasteiger partial charge in [0.15, 0.2) is 0 Å². The molecular formula is C18H25N5O. The standard InChI is InChI=1S/C18H25N5O/c1-14-12-15(2)23(20-14)16(3)18(24)22-10-8-21(9-11-22)13-17-4-6-19-7-5-17/h4-7,12,16H,8-11,13H2,1-3H3/t16-/m1/s1. The van der Waals surface area contributed by atoms with E-state index in [-0.39, 0.29) is 11.9 Å². The molecule has 1 fully saturated rings. The SMILES string of the molecule is Cc1cc(C)n([C@H](C)C(=O)N2CCN(Cc3ccncc3)CC2)n1. The number of piperazine rings is 1. The Kier molecular flexibility index (Phi) is 4.94. The Balaban J connectivity index is 1.56. The maximum absolute atomic E-state index is 12.8. The average molecular weight is 327 g/mol. The van der Waals surface area contributed by atoms with Crippen molar-refractivity contribution in [3.63, 3.8) is 0 Å². The van der Waals surface area contributed by atoms with E-state index in [4.69, 9.17) is 0 Å². The molecule has 0 spiro atoms. The molecule has 6 nitrogen and oxygen atoms in total. The van der Waals surface area contributed by atoms with Gasteiger partial charge in [-0.1, -0.05) is 0 Å². The van der Waals surface area contributed by atoms with Crippen molar-refractivity contribution in [2.75, 3.05) is 26.2 Å². The maximum Gasteiger partial charge on any atom is 0.247 e. The molecule has 0 aliphatic carbocycles. The Morgan fingerprint density at radius 2 is 1.83 bits per heavy atom. The van der Waals surface area contributed by atoms with Crippen LogP contribution in [0.15, 0.2) is 30.6 Å². The summed E-state index contributed by atoms with van der Waals surface area (Å²) in [7, 11) is 0. The van der Waals surface area contributed by atoms with E-state index in [0.29, 0.717) is 0 Å².